The van der Waals surface area contributed by atoms with Crippen LogP contribution in [0.25, 0.3) is 0 Å². The third-order valence-electron chi connectivity index (χ3n) is 8.03. The maximum absolute atomic E-state index is 11.8. The van der Waals surface area contributed by atoms with Crippen LogP contribution in [0.2, 0.25) is 0 Å². The lowest BCUT2D eigenvalue weighted by atomic mass is 9.67. The van der Waals surface area contributed by atoms with Gasteiger partial charge in [-0.25, -0.2) is 9.59 Å². The number of carboxylic acid groups (broad SMARTS) is 2. The van der Waals surface area contributed by atoms with Crippen LogP contribution in [0.4, 0.5) is 0 Å². The fourth-order valence-corrected chi connectivity index (χ4v) is 5.90. The van der Waals surface area contributed by atoms with E-state index in [1.807, 2.05) is 51.1 Å². The van der Waals surface area contributed by atoms with Crippen molar-refractivity contribution in [3.05, 3.63) is 48.0 Å². The first-order valence-electron chi connectivity index (χ1n) is 15.2. The lowest BCUT2D eigenvalue weighted by molar-refractivity contribution is -0.171. The quantitative estimate of drug-likeness (QED) is 0.160. The van der Waals surface area contributed by atoms with Gasteiger partial charge in [-0.15, -0.1) is 0 Å². The van der Waals surface area contributed by atoms with Gasteiger partial charge >= 0.3 is 23.9 Å². The molecule has 2 aliphatic rings. The van der Waals surface area contributed by atoms with E-state index in [4.69, 9.17) is 9.47 Å². The van der Waals surface area contributed by atoms with Crippen LogP contribution in [0.5, 0.6) is 0 Å². The molecule has 1 aromatic rings. The van der Waals surface area contributed by atoms with Gasteiger partial charge in [-0.05, 0) is 81.6 Å². The summed E-state index contributed by atoms with van der Waals surface area (Å²) in [6.45, 7) is 5.57. The zero-order chi connectivity index (χ0) is 30.3. The highest BCUT2D eigenvalue weighted by Crippen LogP contribution is 2.40. The summed E-state index contributed by atoms with van der Waals surface area (Å²) in [5.41, 5.74) is -0.751. The molecule has 2 fully saturated rings. The van der Waals surface area contributed by atoms with Crippen molar-refractivity contribution >= 4 is 23.9 Å². The number of aliphatic carboxylic acids is 2. The first kappa shape index (κ1) is 34.0. The Morgan fingerprint density at radius 1 is 0.805 bits per heavy atom. The number of hydrogen-bond donors (Lipinski definition) is 2. The normalized spacial score (nSPS) is 17.4. The summed E-state index contributed by atoms with van der Waals surface area (Å²) in [5.74, 6) is -3.76. The Morgan fingerprint density at radius 2 is 1.24 bits per heavy atom. The summed E-state index contributed by atoms with van der Waals surface area (Å²) in [7, 11) is 0. The van der Waals surface area contributed by atoms with Gasteiger partial charge in [-0.1, -0.05) is 70.4 Å². The summed E-state index contributed by atoms with van der Waals surface area (Å²) in [5, 5.41) is 19.3. The van der Waals surface area contributed by atoms with Gasteiger partial charge in [0, 0.05) is 12.2 Å². The first-order chi connectivity index (χ1) is 19.6. The number of carbonyl (C=O) groups is 4. The van der Waals surface area contributed by atoms with Crippen molar-refractivity contribution < 1.29 is 38.9 Å². The molecule has 3 rings (SSSR count). The molecule has 0 saturated heterocycles. The van der Waals surface area contributed by atoms with Gasteiger partial charge in [0.05, 0.1) is 0 Å². The minimum atomic E-state index is -1.72. The van der Waals surface area contributed by atoms with Gasteiger partial charge in [0.2, 0.25) is 0 Å². The molecule has 0 amide bonds. The van der Waals surface area contributed by atoms with Crippen molar-refractivity contribution in [3.8, 4) is 0 Å². The average Bonchev–Trinajstić information content (AvgIpc) is 2.95. The molecular weight excluding hydrogens is 524 g/mol. The number of ether oxygens (including phenoxy) is 2. The monoisotopic (exact) mass is 572 g/mol. The second-order valence-corrected chi connectivity index (χ2v) is 11.7. The van der Waals surface area contributed by atoms with Crippen LogP contribution in [0.15, 0.2) is 42.5 Å². The first-order valence-corrected chi connectivity index (χ1v) is 15.2. The molecule has 8 heteroatoms. The van der Waals surface area contributed by atoms with Crippen molar-refractivity contribution in [3.63, 3.8) is 0 Å². The van der Waals surface area contributed by atoms with E-state index in [0.29, 0.717) is 12.8 Å². The van der Waals surface area contributed by atoms with E-state index >= 15 is 0 Å². The van der Waals surface area contributed by atoms with Crippen LogP contribution in [-0.4, -0.2) is 46.3 Å². The molecule has 2 aliphatic carbocycles. The molecule has 0 radical (unpaired) electrons. The maximum Gasteiger partial charge on any atom is 0.331 e. The van der Waals surface area contributed by atoms with Crippen LogP contribution in [-0.2, 0) is 35.1 Å². The fourth-order valence-electron chi connectivity index (χ4n) is 5.90. The number of esters is 2. The summed E-state index contributed by atoms with van der Waals surface area (Å²) in [6.07, 6.45) is 14.2. The zero-order valence-corrected chi connectivity index (χ0v) is 24.9. The van der Waals surface area contributed by atoms with Crippen molar-refractivity contribution in [2.24, 2.45) is 17.3 Å². The molecule has 0 bridgehead atoms. The molecule has 1 atom stereocenters. The van der Waals surface area contributed by atoms with Gasteiger partial charge < -0.3 is 19.7 Å². The Labute approximate surface area is 244 Å². The van der Waals surface area contributed by atoms with Gasteiger partial charge in [0.15, 0.2) is 5.41 Å². The zero-order valence-electron chi connectivity index (χ0n) is 24.9. The van der Waals surface area contributed by atoms with Crippen molar-refractivity contribution in [2.45, 2.75) is 116 Å². The second kappa shape index (κ2) is 17.6. The van der Waals surface area contributed by atoms with E-state index in [1.54, 1.807) is 0 Å². The van der Waals surface area contributed by atoms with Gasteiger partial charge in [-0.3, -0.25) is 9.59 Å². The summed E-state index contributed by atoms with van der Waals surface area (Å²) in [6, 6.07) is 9.47. The van der Waals surface area contributed by atoms with E-state index in [9.17, 15) is 29.4 Å². The Kier molecular flexibility index (Phi) is 14.6. The van der Waals surface area contributed by atoms with Gasteiger partial charge in [-0.2, -0.15) is 0 Å². The van der Waals surface area contributed by atoms with Crippen molar-refractivity contribution in [1.82, 2.24) is 0 Å². The number of carboxylic acids is 2. The average molecular weight is 573 g/mol. The smallest absolute Gasteiger partial charge is 0.331 e. The molecular formula is C33H48O8. The summed E-state index contributed by atoms with van der Waals surface area (Å²) < 4.78 is 10.6. The van der Waals surface area contributed by atoms with Crippen LogP contribution in [0, 0.1) is 17.3 Å². The highest BCUT2D eigenvalue weighted by molar-refractivity contribution is 5.98. The molecule has 2 saturated carbocycles. The summed E-state index contributed by atoms with van der Waals surface area (Å²) >= 11 is 0. The van der Waals surface area contributed by atoms with E-state index < -0.39 is 35.2 Å². The minimum absolute atomic E-state index is 0.00187. The Morgan fingerprint density at radius 3 is 1.61 bits per heavy atom. The Bertz CT molecular complexity index is 940. The van der Waals surface area contributed by atoms with E-state index in [-0.39, 0.29) is 24.5 Å². The minimum Gasteiger partial charge on any atom is -0.480 e. The SMILES string of the molecule is CCC(Cc1ccccc1)C(CC(C)C)(C(=O)O)C(=O)O.O=C(/C=C\C(=O)OC1CCCCC1)OC1CCCCC1. The van der Waals surface area contributed by atoms with Crippen LogP contribution >= 0.6 is 0 Å². The lowest BCUT2D eigenvalue weighted by Gasteiger charge is -2.34. The molecule has 8 nitrogen and oxygen atoms in total. The highest BCUT2D eigenvalue weighted by atomic mass is 16.5. The van der Waals surface area contributed by atoms with Gasteiger partial charge in [0.25, 0.3) is 0 Å². The molecule has 228 valence electrons. The summed E-state index contributed by atoms with van der Waals surface area (Å²) in [4.78, 5) is 46.8. The fraction of sp³-hybridized carbons (Fsp3) is 0.636. The van der Waals surface area contributed by atoms with Crippen LogP contribution in [0.3, 0.4) is 0 Å². The van der Waals surface area contributed by atoms with Crippen LogP contribution in [0.1, 0.15) is 103 Å². The molecule has 0 heterocycles. The maximum atomic E-state index is 11.8. The highest BCUT2D eigenvalue weighted by Gasteiger charge is 2.52. The third kappa shape index (κ3) is 11.3. The lowest BCUT2D eigenvalue weighted by Crippen LogP contribution is -2.47. The van der Waals surface area contributed by atoms with E-state index in [0.717, 1.165) is 56.9 Å². The molecule has 1 unspecified atom stereocenters. The van der Waals surface area contributed by atoms with Crippen LogP contribution < -0.4 is 0 Å². The molecule has 0 aromatic heterocycles. The largest absolute Gasteiger partial charge is 0.480 e. The van der Waals surface area contributed by atoms with Crippen molar-refractivity contribution in [1.29, 1.82) is 0 Å². The number of carbonyl (C=O) groups excluding carboxylic acids is 2. The number of rotatable bonds is 12. The molecule has 0 aliphatic heterocycles. The molecule has 41 heavy (non-hydrogen) atoms. The number of hydrogen-bond acceptors (Lipinski definition) is 6. The second-order valence-electron chi connectivity index (χ2n) is 11.7. The standard InChI is InChI=1S/C17H24O4.C16H24O4/c1-4-14(10-13-8-6-5-7-9-13)17(15(18)19,16(20)21)11-12(2)3;17-15(19-13-7-3-1-4-8-13)11-12-16(18)20-14-9-5-2-6-10-14/h5-9,12,14H,4,10-11H2,1-3H3,(H,18,19)(H,20,21);11-14H,1-10H2/b;12-11-. The Balaban J connectivity index is 0.000000287. The van der Waals surface area contributed by atoms with Crippen molar-refractivity contribution in [2.75, 3.05) is 0 Å². The van der Waals surface area contributed by atoms with E-state index in [2.05, 4.69) is 0 Å². The van der Waals surface area contributed by atoms with E-state index in [1.165, 1.54) is 25.0 Å². The molecule has 1 aromatic carbocycles. The predicted octanol–water partition coefficient (Wildman–Crippen LogP) is 6.75. The predicted molar refractivity (Wildman–Crippen MR) is 156 cm³/mol. The van der Waals surface area contributed by atoms with Gasteiger partial charge in [0.1, 0.15) is 12.2 Å². The molecule has 2 N–H and O–H groups in total. The topological polar surface area (TPSA) is 127 Å². The molecule has 0 spiro atoms. The third-order valence-corrected chi connectivity index (χ3v) is 8.03. The Hall–Kier alpha value is -3.16. The number of benzene rings is 1.